The van der Waals surface area contributed by atoms with Crippen LogP contribution in [0.1, 0.15) is 6.92 Å². The van der Waals surface area contributed by atoms with Crippen LogP contribution in [0.4, 0.5) is 0 Å². The fraction of sp³-hybridized carbons (Fsp3) is 0.400. The third-order valence-electron chi connectivity index (χ3n) is 3.38. The third-order valence-corrected chi connectivity index (χ3v) is 4.30. The van der Waals surface area contributed by atoms with Gasteiger partial charge in [-0.2, -0.15) is 0 Å². The molecule has 1 aliphatic heterocycles. The summed E-state index contributed by atoms with van der Waals surface area (Å²) in [6, 6.07) is 9.57. The molecule has 6 nitrogen and oxygen atoms in total. The Labute approximate surface area is 132 Å². The number of nitrogens with zero attached hydrogens (tertiary/aromatic N) is 3. The second kappa shape index (κ2) is 6.93. The van der Waals surface area contributed by atoms with E-state index in [4.69, 9.17) is 9.15 Å². The van der Waals surface area contributed by atoms with E-state index in [0.29, 0.717) is 37.4 Å². The first-order chi connectivity index (χ1) is 10.7. The van der Waals surface area contributed by atoms with Crippen LogP contribution < -0.4 is 0 Å². The zero-order valence-corrected chi connectivity index (χ0v) is 13.1. The quantitative estimate of drug-likeness (QED) is 0.804. The number of hydrogen-bond acceptors (Lipinski definition) is 6. The van der Waals surface area contributed by atoms with Gasteiger partial charge < -0.3 is 14.1 Å². The second-order valence-corrected chi connectivity index (χ2v) is 6.23. The number of carbonyl (C=O) groups excluding carboxylic acids is 1. The van der Waals surface area contributed by atoms with Crippen LogP contribution in [0.3, 0.4) is 0 Å². The highest BCUT2D eigenvalue weighted by Crippen LogP contribution is 2.26. The summed E-state index contributed by atoms with van der Waals surface area (Å²) >= 11 is 1.29. The molecule has 1 atom stereocenters. The van der Waals surface area contributed by atoms with Crippen molar-refractivity contribution >= 4 is 17.7 Å². The van der Waals surface area contributed by atoms with Crippen molar-refractivity contribution < 1.29 is 13.9 Å². The van der Waals surface area contributed by atoms with Crippen molar-refractivity contribution in [1.82, 2.24) is 15.1 Å². The molecule has 0 spiro atoms. The van der Waals surface area contributed by atoms with E-state index in [0.717, 1.165) is 5.56 Å². The van der Waals surface area contributed by atoms with Crippen LogP contribution >= 0.6 is 11.8 Å². The van der Waals surface area contributed by atoms with Crippen LogP contribution in [0.2, 0.25) is 0 Å². The number of thioether (sulfide) groups is 1. The van der Waals surface area contributed by atoms with E-state index >= 15 is 0 Å². The molecule has 0 N–H and O–H groups in total. The smallest absolute Gasteiger partial charge is 0.277 e. The molecule has 116 valence electrons. The van der Waals surface area contributed by atoms with Gasteiger partial charge in [0.2, 0.25) is 11.8 Å². The Morgan fingerprint density at radius 2 is 1.95 bits per heavy atom. The number of ether oxygens (including phenoxy) is 1. The molecule has 7 heteroatoms. The number of hydrogen-bond donors (Lipinski definition) is 0. The van der Waals surface area contributed by atoms with E-state index in [9.17, 15) is 4.79 Å². The van der Waals surface area contributed by atoms with Gasteiger partial charge in [0.15, 0.2) is 0 Å². The fourth-order valence-electron chi connectivity index (χ4n) is 2.20. The van der Waals surface area contributed by atoms with Crippen LogP contribution in [-0.4, -0.2) is 52.6 Å². The normalized spacial score (nSPS) is 16.5. The van der Waals surface area contributed by atoms with Gasteiger partial charge in [-0.3, -0.25) is 4.79 Å². The summed E-state index contributed by atoms with van der Waals surface area (Å²) in [4.78, 5) is 14.2. The molecule has 0 saturated carbocycles. The van der Waals surface area contributed by atoms with Crippen LogP contribution in [-0.2, 0) is 9.53 Å². The lowest BCUT2D eigenvalue weighted by Crippen LogP contribution is -2.44. The maximum atomic E-state index is 12.3. The molecule has 2 heterocycles. The van der Waals surface area contributed by atoms with Crippen molar-refractivity contribution in [2.75, 3.05) is 26.3 Å². The first kappa shape index (κ1) is 15.1. The molecule has 3 rings (SSSR count). The van der Waals surface area contributed by atoms with Crippen molar-refractivity contribution in [3.05, 3.63) is 30.3 Å². The van der Waals surface area contributed by atoms with Crippen molar-refractivity contribution in [2.24, 2.45) is 0 Å². The Morgan fingerprint density at radius 3 is 2.68 bits per heavy atom. The van der Waals surface area contributed by atoms with Crippen molar-refractivity contribution in [1.29, 1.82) is 0 Å². The van der Waals surface area contributed by atoms with Gasteiger partial charge in [0.05, 0.1) is 18.5 Å². The summed E-state index contributed by atoms with van der Waals surface area (Å²) in [7, 11) is 0. The van der Waals surface area contributed by atoms with E-state index < -0.39 is 0 Å². The first-order valence-electron chi connectivity index (χ1n) is 7.16. The molecule has 1 aromatic carbocycles. The number of morpholine rings is 1. The van der Waals surface area contributed by atoms with Crippen LogP contribution in [0.5, 0.6) is 0 Å². The average molecular weight is 319 g/mol. The lowest BCUT2D eigenvalue weighted by Gasteiger charge is -2.28. The molecule has 22 heavy (non-hydrogen) atoms. The van der Waals surface area contributed by atoms with E-state index in [1.54, 1.807) is 0 Å². The number of aromatic nitrogens is 2. The number of amides is 1. The largest absolute Gasteiger partial charge is 0.411 e. The van der Waals surface area contributed by atoms with E-state index in [1.807, 2.05) is 42.2 Å². The van der Waals surface area contributed by atoms with Gasteiger partial charge in [-0.25, -0.2) is 0 Å². The highest BCUT2D eigenvalue weighted by atomic mass is 32.2. The lowest BCUT2D eigenvalue weighted by atomic mass is 10.2. The van der Waals surface area contributed by atoms with Gasteiger partial charge in [-0.15, -0.1) is 10.2 Å². The summed E-state index contributed by atoms with van der Waals surface area (Å²) in [6.07, 6.45) is 0. The Hall–Kier alpha value is -1.86. The molecule has 1 amide bonds. The highest BCUT2D eigenvalue weighted by Gasteiger charge is 2.25. The summed E-state index contributed by atoms with van der Waals surface area (Å²) < 4.78 is 10.9. The zero-order valence-electron chi connectivity index (χ0n) is 12.3. The molecule has 0 aliphatic carbocycles. The van der Waals surface area contributed by atoms with Crippen LogP contribution in [0.25, 0.3) is 11.5 Å². The molecule has 1 aromatic heterocycles. The lowest BCUT2D eigenvalue weighted by molar-refractivity contribution is -0.134. The maximum absolute atomic E-state index is 12.3. The predicted molar refractivity (Wildman–Crippen MR) is 82.5 cm³/mol. The minimum atomic E-state index is -0.262. The second-order valence-electron chi connectivity index (χ2n) is 4.94. The van der Waals surface area contributed by atoms with Crippen molar-refractivity contribution in [3.63, 3.8) is 0 Å². The Kier molecular flexibility index (Phi) is 4.74. The molecular weight excluding hydrogens is 302 g/mol. The third kappa shape index (κ3) is 3.48. The summed E-state index contributed by atoms with van der Waals surface area (Å²) in [5.74, 6) is 0.543. The van der Waals surface area contributed by atoms with E-state index in [-0.39, 0.29) is 11.2 Å². The Bertz CT molecular complexity index is 626. The SMILES string of the molecule is CC(Sc1nnc(-c2ccccc2)o1)C(=O)N1CCOCC1. The Balaban J connectivity index is 1.63. The zero-order chi connectivity index (χ0) is 15.4. The fourth-order valence-corrected chi connectivity index (χ4v) is 2.96. The van der Waals surface area contributed by atoms with Crippen molar-refractivity contribution in [3.8, 4) is 11.5 Å². The van der Waals surface area contributed by atoms with Gasteiger partial charge in [-0.1, -0.05) is 30.0 Å². The first-order valence-corrected chi connectivity index (χ1v) is 8.04. The topological polar surface area (TPSA) is 68.5 Å². The molecule has 1 aliphatic rings. The highest BCUT2D eigenvalue weighted by molar-refractivity contribution is 8.00. The van der Waals surface area contributed by atoms with E-state index in [1.165, 1.54) is 11.8 Å². The minimum absolute atomic E-state index is 0.0766. The van der Waals surface area contributed by atoms with Crippen LogP contribution in [0, 0.1) is 0 Å². The summed E-state index contributed by atoms with van der Waals surface area (Å²) in [5.41, 5.74) is 0.869. The molecular formula is C15H17N3O3S. The van der Waals surface area contributed by atoms with Gasteiger partial charge in [0, 0.05) is 18.7 Å². The molecule has 1 fully saturated rings. The van der Waals surface area contributed by atoms with Gasteiger partial charge >= 0.3 is 0 Å². The number of benzene rings is 1. The minimum Gasteiger partial charge on any atom is -0.411 e. The number of carbonyl (C=O) groups is 1. The predicted octanol–water partition coefficient (Wildman–Crippen LogP) is 2.08. The van der Waals surface area contributed by atoms with Gasteiger partial charge in [0.1, 0.15) is 0 Å². The average Bonchev–Trinajstić information content (AvgIpc) is 3.04. The van der Waals surface area contributed by atoms with Gasteiger partial charge in [0.25, 0.3) is 5.22 Å². The molecule has 0 bridgehead atoms. The molecule has 1 unspecified atom stereocenters. The van der Waals surface area contributed by atoms with E-state index in [2.05, 4.69) is 10.2 Å². The van der Waals surface area contributed by atoms with Crippen molar-refractivity contribution in [2.45, 2.75) is 17.4 Å². The monoisotopic (exact) mass is 319 g/mol. The maximum Gasteiger partial charge on any atom is 0.277 e. The Morgan fingerprint density at radius 1 is 1.23 bits per heavy atom. The summed E-state index contributed by atoms with van der Waals surface area (Å²) in [5, 5.41) is 8.19. The summed E-state index contributed by atoms with van der Waals surface area (Å²) in [6.45, 7) is 4.34. The molecule has 1 saturated heterocycles. The van der Waals surface area contributed by atoms with Crippen LogP contribution in [0.15, 0.2) is 40.0 Å². The number of rotatable bonds is 4. The molecule has 0 radical (unpaired) electrons. The standard InChI is InChI=1S/C15H17N3O3S/c1-11(14(19)18-7-9-20-10-8-18)22-15-17-16-13(21-15)12-5-3-2-4-6-12/h2-6,11H,7-10H2,1H3. The molecule has 2 aromatic rings. The van der Waals surface area contributed by atoms with Gasteiger partial charge in [-0.05, 0) is 19.1 Å².